The van der Waals surface area contributed by atoms with Crippen molar-refractivity contribution in [2.75, 3.05) is 13.6 Å². The van der Waals surface area contributed by atoms with Crippen molar-refractivity contribution < 1.29 is 8.83 Å². The van der Waals surface area contributed by atoms with E-state index in [2.05, 4.69) is 24.2 Å². The van der Waals surface area contributed by atoms with E-state index in [-0.39, 0.29) is 0 Å². The second-order valence-electron chi connectivity index (χ2n) is 4.45. The minimum atomic E-state index is 0.790. The Morgan fingerprint density at radius 2 is 2.11 bits per heavy atom. The molecule has 0 unspecified atom stereocenters. The molecule has 0 saturated heterocycles. The summed E-state index contributed by atoms with van der Waals surface area (Å²) in [6.45, 7) is 5.59. The first-order valence-electron chi connectivity index (χ1n) is 6.25. The van der Waals surface area contributed by atoms with E-state index in [4.69, 9.17) is 8.83 Å². The number of nitrogens with one attached hydrogen (secondary N) is 1. The first-order valence-corrected chi connectivity index (χ1v) is 6.25. The van der Waals surface area contributed by atoms with Gasteiger partial charge in [0.05, 0.1) is 25.3 Å². The fourth-order valence-electron chi connectivity index (χ4n) is 1.94. The first kappa shape index (κ1) is 12.9. The van der Waals surface area contributed by atoms with Crippen molar-refractivity contribution in [1.29, 1.82) is 0 Å². The molecule has 2 heterocycles. The Hall–Kier alpha value is -1.52. The lowest BCUT2D eigenvalue weighted by Gasteiger charge is -2.15. The monoisotopic (exact) mass is 248 g/mol. The van der Waals surface area contributed by atoms with E-state index in [9.17, 15) is 0 Å². The highest BCUT2D eigenvalue weighted by Crippen LogP contribution is 2.14. The van der Waals surface area contributed by atoms with Crippen LogP contribution in [0.1, 0.15) is 23.8 Å². The van der Waals surface area contributed by atoms with Gasteiger partial charge in [-0.1, -0.05) is 6.92 Å². The van der Waals surface area contributed by atoms with Crippen molar-refractivity contribution in [3.05, 3.63) is 47.8 Å². The summed E-state index contributed by atoms with van der Waals surface area (Å²) in [6, 6.07) is 4.03. The second kappa shape index (κ2) is 6.42. The summed E-state index contributed by atoms with van der Waals surface area (Å²) in [5.74, 6) is 1.02. The first-order chi connectivity index (χ1) is 8.79. The highest BCUT2D eigenvalue weighted by atomic mass is 16.3. The zero-order chi connectivity index (χ0) is 12.8. The summed E-state index contributed by atoms with van der Waals surface area (Å²) in [5, 5.41) is 3.28. The van der Waals surface area contributed by atoms with Crippen LogP contribution in [0.25, 0.3) is 0 Å². The Morgan fingerprint density at radius 1 is 1.22 bits per heavy atom. The summed E-state index contributed by atoms with van der Waals surface area (Å²) < 4.78 is 10.6. The quantitative estimate of drug-likeness (QED) is 0.817. The maximum absolute atomic E-state index is 5.50. The van der Waals surface area contributed by atoms with Crippen LogP contribution in [0.3, 0.4) is 0 Å². The number of hydrogen-bond acceptors (Lipinski definition) is 4. The molecule has 0 aromatic carbocycles. The van der Waals surface area contributed by atoms with E-state index in [1.54, 1.807) is 18.8 Å². The third kappa shape index (κ3) is 3.48. The Bertz CT molecular complexity index is 448. The maximum atomic E-state index is 5.50. The molecule has 2 rings (SSSR count). The third-order valence-corrected chi connectivity index (χ3v) is 2.85. The lowest BCUT2D eigenvalue weighted by molar-refractivity contribution is 0.313. The largest absolute Gasteiger partial charge is 0.472 e. The molecular weight excluding hydrogens is 228 g/mol. The molecule has 1 N–H and O–H groups in total. The zero-order valence-electron chi connectivity index (χ0n) is 11.0. The van der Waals surface area contributed by atoms with Crippen molar-refractivity contribution in [2.24, 2.45) is 0 Å². The lowest BCUT2D eigenvalue weighted by atomic mass is 10.2. The zero-order valence-corrected chi connectivity index (χ0v) is 11.0. The minimum absolute atomic E-state index is 0.790. The normalized spacial score (nSPS) is 11.3. The van der Waals surface area contributed by atoms with Gasteiger partial charge < -0.3 is 14.2 Å². The van der Waals surface area contributed by atoms with Crippen LogP contribution in [0.5, 0.6) is 0 Å². The SMILES string of the molecule is CCNCc1occc1CN(C)Cc1ccoc1. The van der Waals surface area contributed by atoms with Crippen LogP contribution >= 0.6 is 0 Å². The van der Waals surface area contributed by atoms with E-state index < -0.39 is 0 Å². The molecule has 0 radical (unpaired) electrons. The van der Waals surface area contributed by atoms with E-state index in [0.717, 1.165) is 31.9 Å². The standard InChI is InChI=1S/C14H20N2O2/c1-3-15-8-14-13(5-7-18-14)10-16(2)9-12-4-6-17-11-12/h4-7,11,15H,3,8-10H2,1-2H3. The predicted octanol–water partition coefficient (Wildman–Crippen LogP) is 2.61. The highest BCUT2D eigenvalue weighted by molar-refractivity contribution is 5.17. The molecular formula is C14H20N2O2. The molecule has 0 saturated carbocycles. The summed E-state index contributed by atoms with van der Waals surface area (Å²) in [7, 11) is 2.09. The van der Waals surface area contributed by atoms with Crippen LogP contribution in [0.4, 0.5) is 0 Å². The van der Waals surface area contributed by atoms with Gasteiger partial charge in [0.25, 0.3) is 0 Å². The van der Waals surface area contributed by atoms with Crippen molar-refractivity contribution in [3.63, 3.8) is 0 Å². The van der Waals surface area contributed by atoms with Crippen molar-refractivity contribution in [3.8, 4) is 0 Å². The van der Waals surface area contributed by atoms with Gasteiger partial charge in [-0.05, 0) is 25.7 Å². The van der Waals surface area contributed by atoms with E-state index >= 15 is 0 Å². The molecule has 98 valence electrons. The van der Waals surface area contributed by atoms with Gasteiger partial charge in [0, 0.05) is 24.2 Å². The Labute approximate surface area is 108 Å². The molecule has 0 aliphatic carbocycles. The molecule has 2 aromatic heterocycles. The van der Waals surface area contributed by atoms with Crippen LogP contribution in [0, 0.1) is 0 Å². The van der Waals surface area contributed by atoms with Crippen LogP contribution in [-0.2, 0) is 19.6 Å². The molecule has 0 bridgehead atoms. The predicted molar refractivity (Wildman–Crippen MR) is 70.0 cm³/mol. The fraction of sp³-hybridized carbons (Fsp3) is 0.429. The molecule has 4 heteroatoms. The second-order valence-corrected chi connectivity index (χ2v) is 4.45. The fourth-order valence-corrected chi connectivity index (χ4v) is 1.94. The smallest absolute Gasteiger partial charge is 0.122 e. The summed E-state index contributed by atoms with van der Waals surface area (Å²) in [5.41, 5.74) is 2.43. The highest BCUT2D eigenvalue weighted by Gasteiger charge is 2.09. The molecule has 4 nitrogen and oxygen atoms in total. The van der Waals surface area contributed by atoms with Crippen LogP contribution < -0.4 is 5.32 Å². The summed E-state index contributed by atoms with van der Waals surface area (Å²) in [6.07, 6.45) is 5.25. The van der Waals surface area contributed by atoms with Crippen LogP contribution in [0.15, 0.2) is 39.8 Å². The Morgan fingerprint density at radius 3 is 2.83 bits per heavy atom. The van der Waals surface area contributed by atoms with Gasteiger partial charge in [-0.15, -0.1) is 0 Å². The number of furan rings is 2. The number of rotatable bonds is 7. The average Bonchev–Trinajstić information content (AvgIpc) is 2.98. The third-order valence-electron chi connectivity index (χ3n) is 2.85. The van der Waals surface area contributed by atoms with Gasteiger partial charge in [-0.25, -0.2) is 0 Å². The van der Waals surface area contributed by atoms with Crippen molar-refractivity contribution in [2.45, 2.75) is 26.6 Å². The molecule has 0 atom stereocenters. The molecule has 0 amide bonds. The van der Waals surface area contributed by atoms with Crippen LogP contribution in [0.2, 0.25) is 0 Å². The van der Waals surface area contributed by atoms with Crippen LogP contribution in [-0.4, -0.2) is 18.5 Å². The van der Waals surface area contributed by atoms with E-state index in [0.29, 0.717) is 0 Å². The number of nitrogens with zero attached hydrogens (tertiary/aromatic N) is 1. The van der Waals surface area contributed by atoms with E-state index in [1.807, 2.05) is 12.1 Å². The molecule has 0 aliphatic rings. The molecule has 2 aromatic rings. The maximum Gasteiger partial charge on any atom is 0.122 e. The van der Waals surface area contributed by atoms with Gasteiger partial charge in [0.2, 0.25) is 0 Å². The minimum Gasteiger partial charge on any atom is -0.472 e. The van der Waals surface area contributed by atoms with Gasteiger partial charge in [0.15, 0.2) is 0 Å². The van der Waals surface area contributed by atoms with E-state index in [1.165, 1.54) is 11.1 Å². The van der Waals surface area contributed by atoms with Gasteiger partial charge in [-0.2, -0.15) is 0 Å². The van der Waals surface area contributed by atoms with Crippen molar-refractivity contribution in [1.82, 2.24) is 10.2 Å². The molecule has 18 heavy (non-hydrogen) atoms. The van der Waals surface area contributed by atoms with Crippen molar-refractivity contribution >= 4 is 0 Å². The average molecular weight is 248 g/mol. The Balaban J connectivity index is 1.90. The Kier molecular flexibility index (Phi) is 4.61. The molecule has 0 aliphatic heterocycles. The van der Waals surface area contributed by atoms with Gasteiger partial charge >= 0.3 is 0 Å². The number of hydrogen-bond donors (Lipinski definition) is 1. The topological polar surface area (TPSA) is 41.6 Å². The summed E-state index contributed by atoms with van der Waals surface area (Å²) >= 11 is 0. The molecule has 0 fully saturated rings. The lowest BCUT2D eigenvalue weighted by Crippen LogP contribution is -2.19. The van der Waals surface area contributed by atoms with Gasteiger partial charge in [0.1, 0.15) is 5.76 Å². The summed E-state index contributed by atoms with van der Waals surface area (Å²) in [4.78, 5) is 2.24. The van der Waals surface area contributed by atoms with Gasteiger partial charge in [-0.3, -0.25) is 4.90 Å². The molecule has 0 spiro atoms.